The monoisotopic (exact) mass is 217 g/mol. The number of hydrogen-bond acceptors (Lipinski definition) is 4. The molecule has 0 aromatic rings. The normalized spacial score (nSPS) is 14.7. The SMILES string of the molecule is CCCCC(CC)COC(=O)[C@H](N)CO. The molecule has 15 heavy (non-hydrogen) atoms. The van der Waals surface area contributed by atoms with Gasteiger partial charge in [0.05, 0.1) is 13.2 Å². The Kier molecular flexibility index (Phi) is 8.33. The molecule has 0 rings (SSSR count). The van der Waals surface area contributed by atoms with Gasteiger partial charge in [-0.3, -0.25) is 4.79 Å². The highest BCUT2D eigenvalue weighted by atomic mass is 16.5. The van der Waals surface area contributed by atoms with Crippen LogP contribution in [0.15, 0.2) is 0 Å². The predicted molar refractivity (Wildman–Crippen MR) is 59.3 cm³/mol. The Bertz CT molecular complexity index is 173. The van der Waals surface area contributed by atoms with Crippen molar-refractivity contribution in [2.75, 3.05) is 13.2 Å². The first-order chi connectivity index (χ1) is 7.15. The van der Waals surface area contributed by atoms with Crippen molar-refractivity contribution < 1.29 is 14.6 Å². The van der Waals surface area contributed by atoms with Crippen LogP contribution in [0.3, 0.4) is 0 Å². The lowest BCUT2D eigenvalue weighted by Crippen LogP contribution is -2.36. The van der Waals surface area contributed by atoms with Gasteiger partial charge in [-0.1, -0.05) is 33.1 Å². The summed E-state index contributed by atoms with van der Waals surface area (Å²) in [5, 5.41) is 8.64. The van der Waals surface area contributed by atoms with E-state index in [0.29, 0.717) is 12.5 Å². The Morgan fingerprint density at radius 1 is 1.47 bits per heavy atom. The van der Waals surface area contributed by atoms with Crippen molar-refractivity contribution >= 4 is 5.97 Å². The zero-order chi connectivity index (χ0) is 11.7. The maximum Gasteiger partial charge on any atom is 0.325 e. The highest BCUT2D eigenvalue weighted by Crippen LogP contribution is 2.12. The van der Waals surface area contributed by atoms with Crippen LogP contribution in [-0.2, 0) is 9.53 Å². The smallest absolute Gasteiger partial charge is 0.325 e. The first-order valence-electron chi connectivity index (χ1n) is 5.68. The van der Waals surface area contributed by atoms with Gasteiger partial charge in [0.15, 0.2) is 0 Å². The highest BCUT2D eigenvalue weighted by molar-refractivity contribution is 5.75. The third-order valence-corrected chi connectivity index (χ3v) is 2.50. The van der Waals surface area contributed by atoms with Crippen molar-refractivity contribution in [3.8, 4) is 0 Å². The Morgan fingerprint density at radius 3 is 2.60 bits per heavy atom. The van der Waals surface area contributed by atoms with Gasteiger partial charge < -0.3 is 15.6 Å². The lowest BCUT2D eigenvalue weighted by molar-refractivity contribution is -0.147. The van der Waals surface area contributed by atoms with Crippen molar-refractivity contribution in [1.82, 2.24) is 0 Å². The summed E-state index contributed by atoms with van der Waals surface area (Å²) in [4.78, 5) is 11.2. The fourth-order valence-corrected chi connectivity index (χ4v) is 1.28. The average Bonchev–Trinajstić information content (AvgIpc) is 2.27. The molecule has 2 atom stereocenters. The molecule has 0 bridgehead atoms. The first kappa shape index (κ1) is 14.4. The second kappa shape index (κ2) is 8.68. The Balaban J connectivity index is 3.74. The third kappa shape index (κ3) is 6.47. The number of hydrogen-bond donors (Lipinski definition) is 2. The van der Waals surface area contributed by atoms with Crippen molar-refractivity contribution in [2.45, 2.75) is 45.6 Å². The molecule has 0 saturated carbocycles. The summed E-state index contributed by atoms with van der Waals surface area (Å²) >= 11 is 0. The summed E-state index contributed by atoms with van der Waals surface area (Å²) in [7, 11) is 0. The number of unbranched alkanes of at least 4 members (excludes halogenated alkanes) is 1. The molecule has 0 aromatic heterocycles. The Morgan fingerprint density at radius 2 is 2.13 bits per heavy atom. The molecule has 0 spiro atoms. The van der Waals surface area contributed by atoms with Gasteiger partial charge in [0.25, 0.3) is 0 Å². The molecule has 90 valence electrons. The summed E-state index contributed by atoms with van der Waals surface area (Å²) in [5.41, 5.74) is 5.32. The summed E-state index contributed by atoms with van der Waals surface area (Å²) in [6, 6.07) is -0.895. The maximum absolute atomic E-state index is 11.2. The lowest BCUT2D eigenvalue weighted by atomic mass is 10.0. The van der Waals surface area contributed by atoms with Gasteiger partial charge in [0.2, 0.25) is 0 Å². The number of ether oxygens (including phenoxy) is 1. The van der Waals surface area contributed by atoms with E-state index in [4.69, 9.17) is 15.6 Å². The summed E-state index contributed by atoms with van der Waals surface area (Å²) < 4.78 is 5.02. The summed E-state index contributed by atoms with van der Waals surface area (Å²) in [6.07, 6.45) is 4.39. The fourth-order valence-electron chi connectivity index (χ4n) is 1.28. The van der Waals surface area contributed by atoms with Crippen LogP contribution in [0, 0.1) is 5.92 Å². The third-order valence-electron chi connectivity index (χ3n) is 2.50. The van der Waals surface area contributed by atoms with E-state index < -0.39 is 12.0 Å². The van der Waals surface area contributed by atoms with E-state index in [9.17, 15) is 4.79 Å². The fraction of sp³-hybridized carbons (Fsp3) is 0.909. The molecule has 0 aromatic carbocycles. The zero-order valence-corrected chi connectivity index (χ0v) is 9.74. The molecule has 0 aliphatic heterocycles. The van der Waals surface area contributed by atoms with Gasteiger partial charge in [-0.2, -0.15) is 0 Å². The van der Waals surface area contributed by atoms with Crippen LogP contribution in [0.1, 0.15) is 39.5 Å². The van der Waals surface area contributed by atoms with Crippen LogP contribution >= 0.6 is 0 Å². The van der Waals surface area contributed by atoms with Gasteiger partial charge in [0, 0.05) is 0 Å². The van der Waals surface area contributed by atoms with Crippen LogP contribution in [0.4, 0.5) is 0 Å². The van der Waals surface area contributed by atoms with E-state index in [1.54, 1.807) is 0 Å². The van der Waals surface area contributed by atoms with Crippen molar-refractivity contribution in [3.05, 3.63) is 0 Å². The zero-order valence-electron chi connectivity index (χ0n) is 9.74. The molecule has 0 radical (unpaired) electrons. The second-order valence-electron chi connectivity index (χ2n) is 3.84. The number of aliphatic hydroxyl groups excluding tert-OH is 1. The summed E-state index contributed by atoms with van der Waals surface area (Å²) in [6.45, 7) is 4.29. The van der Waals surface area contributed by atoms with Gasteiger partial charge in [0.1, 0.15) is 6.04 Å². The minimum Gasteiger partial charge on any atom is -0.464 e. The number of nitrogens with two attached hydrogens (primary N) is 1. The van der Waals surface area contributed by atoms with E-state index in [1.807, 2.05) is 0 Å². The summed E-state index contributed by atoms with van der Waals surface area (Å²) in [5.74, 6) is -0.0905. The van der Waals surface area contributed by atoms with Gasteiger partial charge in [-0.25, -0.2) is 0 Å². The van der Waals surface area contributed by atoms with E-state index in [1.165, 1.54) is 0 Å². The number of esters is 1. The lowest BCUT2D eigenvalue weighted by Gasteiger charge is -2.16. The number of rotatable bonds is 8. The van der Waals surface area contributed by atoms with Crippen molar-refractivity contribution in [3.63, 3.8) is 0 Å². The van der Waals surface area contributed by atoms with Crippen LogP contribution in [-0.4, -0.2) is 30.3 Å². The number of carbonyl (C=O) groups is 1. The van der Waals surface area contributed by atoms with Crippen LogP contribution in [0.2, 0.25) is 0 Å². The minimum absolute atomic E-state index is 0.357. The van der Waals surface area contributed by atoms with E-state index >= 15 is 0 Å². The Labute approximate surface area is 91.8 Å². The molecular weight excluding hydrogens is 194 g/mol. The quantitative estimate of drug-likeness (QED) is 0.596. The second-order valence-corrected chi connectivity index (χ2v) is 3.84. The molecule has 0 aliphatic carbocycles. The molecule has 0 amide bonds. The van der Waals surface area contributed by atoms with Crippen LogP contribution < -0.4 is 5.73 Å². The van der Waals surface area contributed by atoms with Crippen LogP contribution in [0.25, 0.3) is 0 Å². The molecule has 0 saturated heterocycles. The minimum atomic E-state index is -0.895. The standard InChI is InChI=1S/C11H23NO3/c1-3-5-6-9(4-2)8-15-11(14)10(12)7-13/h9-10,13H,3-8,12H2,1-2H3/t9?,10-/m1/s1. The largest absolute Gasteiger partial charge is 0.464 e. The highest BCUT2D eigenvalue weighted by Gasteiger charge is 2.15. The Hall–Kier alpha value is -0.610. The van der Waals surface area contributed by atoms with Crippen molar-refractivity contribution in [1.29, 1.82) is 0 Å². The number of carbonyl (C=O) groups excluding carboxylic acids is 1. The topological polar surface area (TPSA) is 72.5 Å². The molecule has 0 aliphatic rings. The van der Waals surface area contributed by atoms with Crippen molar-refractivity contribution in [2.24, 2.45) is 11.7 Å². The molecular formula is C11H23NO3. The van der Waals surface area contributed by atoms with Gasteiger partial charge in [-0.15, -0.1) is 0 Å². The van der Waals surface area contributed by atoms with E-state index in [0.717, 1.165) is 25.7 Å². The van der Waals surface area contributed by atoms with E-state index in [2.05, 4.69) is 13.8 Å². The molecule has 0 fully saturated rings. The predicted octanol–water partition coefficient (Wildman–Crippen LogP) is 1.07. The molecule has 1 unspecified atom stereocenters. The maximum atomic E-state index is 11.2. The first-order valence-corrected chi connectivity index (χ1v) is 5.68. The van der Waals surface area contributed by atoms with Gasteiger partial charge >= 0.3 is 5.97 Å². The molecule has 4 heteroatoms. The average molecular weight is 217 g/mol. The number of aliphatic hydroxyl groups is 1. The van der Waals surface area contributed by atoms with Crippen LogP contribution in [0.5, 0.6) is 0 Å². The van der Waals surface area contributed by atoms with Gasteiger partial charge in [-0.05, 0) is 12.3 Å². The van der Waals surface area contributed by atoms with E-state index in [-0.39, 0.29) is 6.61 Å². The molecule has 0 heterocycles. The molecule has 4 nitrogen and oxygen atoms in total. The molecule has 3 N–H and O–H groups in total.